The zero-order valence-corrected chi connectivity index (χ0v) is 10.5. The largest absolute Gasteiger partial charge is 0.494 e. The van der Waals surface area contributed by atoms with Crippen molar-refractivity contribution < 1.29 is 4.74 Å². The number of aromatic nitrogens is 2. The molecule has 1 aromatic carbocycles. The Hall–Kier alpha value is -2.13. The first-order valence-electron chi connectivity index (χ1n) is 5.49. The van der Waals surface area contributed by atoms with Crippen LogP contribution >= 0.6 is 11.3 Å². The molecule has 92 valence electrons. The number of nitrogen functional groups attached to an aromatic ring is 1. The number of benzene rings is 1. The zero-order valence-electron chi connectivity index (χ0n) is 9.67. The molecule has 2 rings (SSSR count). The zero-order chi connectivity index (χ0) is 12.8. The number of hydrogen-bond donors (Lipinski definition) is 1. The molecule has 0 unspecified atom stereocenters. The molecule has 0 amide bonds. The molecular formula is C12H12N4OS. The first-order chi connectivity index (χ1) is 8.78. The van der Waals surface area contributed by atoms with Gasteiger partial charge in [0.25, 0.3) is 0 Å². The van der Waals surface area contributed by atoms with E-state index in [1.165, 1.54) is 11.3 Å². The van der Waals surface area contributed by atoms with Crippen LogP contribution in [0.15, 0.2) is 24.3 Å². The molecule has 0 spiro atoms. The minimum Gasteiger partial charge on any atom is -0.494 e. The van der Waals surface area contributed by atoms with Crippen molar-refractivity contribution in [2.24, 2.45) is 0 Å². The fraction of sp³-hybridized carbons (Fsp3) is 0.250. The van der Waals surface area contributed by atoms with Crippen molar-refractivity contribution in [3.63, 3.8) is 0 Å². The highest BCUT2D eigenvalue weighted by atomic mass is 32.1. The van der Waals surface area contributed by atoms with Crippen LogP contribution in [0.1, 0.15) is 17.0 Å². The Morgan fingerprint density at radius 1 is 1.28 bits per heavy atom. The SMILES string of the molecule is N#Cc1ccc(OCCCc2nnc(N)s2)cc1. The lowest BCUT2D eigenvalue weighted by Gasteiger charge is -2.04. The highest BCUT2D eigenvalue weighted by Gasteiger charge is 2.01. The third kappa shape index (κ3) is 3.43. The molecule has 0 radical (unpaired) electrons. The summed E-state index contributed by atoms with van der Waals surface area (Å²) >= 11 is 1.40. The average molecular weight is 260 g/mol. The summed E-state index contributed by atoms with van der Waals surface area (Å²) in [4.78, 5) is 0. The van der Waals surface area contributed by atoms with Gasteiger partial charge in [-0.1, -0.05) is 11.3 Å². The maximum atomic E-state index is 8.66. The highest BCUT2D eigenvalue weighted by Crippen LogP contribution is 2.14. The Morgan fingerprint density at radius 2 is 2.06 bits per heavy atom. The number of rotatable bonds is 5. The summed E-state index contributed by atoms with van der Waals surface area (Å²) in [6.45, 7) is 0.603. The summed E-state index contributed by atoms with van der Waals surface area (Å²) in [5.41, 5.74) is 6.12. The molecule has 0 saturated carbocycles. The molecule has 0 aliphatic heterocycles. The molecule has 2 N–H and O–H groups in total. The van der Waals surface area contributed by atoms with E-state index in [0.717, 1.165) is 23.6 Å². The van der Waals surface area contributed by atoms with E-state index in [1.54, 1.807) is 24.3 Å². The molecular weight excluding hydrogens is 248 g/mol. The van der Waals surface area contributed by atoms with Gasteiger partial charge in [0.15, 0.2) is 0 Å². The van der Waals surface area contributed by atoms with Crippen LogP contribution in [0.5, 0.6) is 5.75 Å². The topological polar surface area (TPSA) is 84.8 Å². The smallest absolute Gasteiger partial charge is 0.203 e. The number of ether oxygens (including phenoxy) is 1. The first kappa shape index (κ1) is 12.3. The third-order valence-corrected chi connectivity index (χ3v) is 3.08. The van der Waals surface area contributed by atoms with Gasteiger partial charge in [0.2, 0.25) is 5.13 Å². The van der Waals surface area contributed by atoms with E-state index in [0.29, 0.717) is 17.3 Å². The van der Waals surface area contributed by atoms with Crippen molar-refractivity contribution in [1.82, 2.24) is 10.2 Å². The van der Waals surface area contributed by atoms with Crippen molar-refractivity contribution in [2.75, 3.05) is 12.3 Å². The van der Waals surface area contributed by atoms with Crippen LogP contribution in [0.25, 0.3) is 0 Å². The van der Waals surface area contributed by atoms with Gasteiger partial charge < -0.3 is 10.5 Å². The predicted octanol–water partition coefficient (Wildman–Crippen LogP) is 2.00. The van der Waals surface area contributed by atoms with E-state index in [-0.39, 0.29) is 0 Å². The molecule has 0 fully saturated rings. The summed E-state index contributed by atoms with van der Waals surface area (Å²) in [5, 5.41) is 17.8. The van der Waals surface area contributed by atoms with Gasteiger partial charge in [-0.2, -0.15) is 5.26 Å². The molecule has 1 aromatic heterocycles. The molecule has 0 saturated heterocycles. The van der Waals surface area contributed by atoms with E-state index >= 15 is 0 Å². The van der Waals surface area contributed by atoms with Crippen molar-refractivity contribution in [2.45, 2.75) is 12.8 Å². The molecule has 2 aromatic rings. The lowest BCUT2D eigenvalue weighted by molar-refractivity contribution is 0.311. The number of aryl methyl sites for hydroxylation is 1. The minimum atomic E-state index is 0.498. The first-order valence-corrected chi connectivity index (χ1v) is 6.30. The van der Waals surface area contributed by atoms with Crippen molar-refractivity contribution >= 4 is 16.5 Å². The Kier molecular flexibility index (Phi) is 4.10. The lowest BCUT2D eigenvalue weighted by atomic mass is 10.2. The molecule has 0 atom stereocenters. The Balaban J connectivity index is 1.73. The molecule has 5 nitrogen and oxygen atoms in total. The number of nitrogens with zero attached hydrogens (tertiary/aromatic N) is 3. The molecule has 0 bridgehead atoms. The minimum absolute atomic E-state index is 0.498. The van der Waals surface area contributed by atoms with Crippen molar-refractivity contribution in [3.05, 3.63) is 34.8 Å². The third-order valence-electron chi connectivity index (χ3n) is 2.27. The van der Waals surface area contributed by atoms with Gasteiger partial charge in [0, 0.05) is 6.42 Å². The van der Waals surface area contributed by atoms with Crippen molar-refractivity contribution in [3.8, 4) is 11.8 Å². The standard InChI is InChI=1S/C12H12N4OS/c13-8-9-3-5-10(6-4-9)17-7-1-2-11-15-16-12(14)18-11/h3-6H,1-2,7H2,(H2,14,16). The van der Waals surface area contributed by atoms with Gasteiger partial charge in [-0.15, -0.1) is 10.2 Å². The van der Waals surface area contributed by atoms with Gasteiger partial charge in [0.05, 0.1) is 18.2 Å². The van der Waals surface area contributed by atoms with E-state index in [2.05, 4.69) is 16.3 Å². The molecule has 18 heavy (non-hydrogen) atoms. The summed E-state index contributed by atoms with van der Waals surface area (Å²) in [6.07, 6.45) is 1.67. The van der Waals surface area contributed by atoms with Gasteiger partial charge in [-0.25, -0.2) is 0 Å². The summed E-state index contributed by atoms with van der Waals surface area (Å²) in [6, 6.07) is 9.12. The quantitative estimate of drug-likeness (QED) is 0.831. The van der Waals surface area contributed by atoms with Crippen LogP contribution in [0.3, 0.4) is 0 Å². The monoisotopic (exact) mass is 260 g/mol. The van der Waals surface area contributed by atoms with E-state index in [1.807, 2.05) is 0 Å². The Morgan fingerprint density at radius 3 is 2.67 bits per heavy atom. The van der Waals surface area contributed by atoms with Crippen LogP contribution in [0, 0.1) is 11.3 Å². The highest BCUT2D eigenvalue weighted by molar-refractivity contribution is 7.15. The van der Waals surface area contributed by atoms with Crippen LogP contribution in [-0.4, -0.2) is 16.8 Å². The second-order valence-electron chi connectivity index (χ2n) is 3.62. The molecule has 0 aliphatic rings. The second-order valence-corrected chi connectivity index (χ2v) is 4.72. The van der Waals surface area contributed by atoms with Crippen LogP contribution in [0.2, 0.25) is 0 Å². The molecule has 6 heteroatoms. The second kappa shape index (κ2) is 5.98. The van der Waals surface area contributed by atoms with Crippen LogP contribution in [0.4, 0.5) is 5.13 Å². The maximum Gasteiger partial charge on any atom is 0.203 e. The van der Waals surface area contributed by atoms with Gasteiger partial charge in [-0.3, -0.25) is 0 Å². The normalized spacial score (nSPS) is 9.94. The van der Waals surface area contributed by atoms with E-state index in [4.69, 9.17) is 15.7 Å². The van der Waals surface area contributed by atoms with Gasteiger partial charge >= 0.3 is 0 Å². The number of nitrogens with two attached hydrogens (primary N) is 1. The van der Waals surface area contributed by atoms with E-state index < -0.39 is 0 Å². The summed E-state index contributed by atoms with van der Waals surface area (Å²) < 4.78 is 5.55. The van der Waals surface area contributed by atoms with Gasteiger partial charge in [-0.05, 0) is 30.7 Å². The fourth-order valence-electron chi connectivity index (χ4n) is 1.41. The Bertz CT molecular complexity index is 544. The van der Waals surface area contributed by atoms with Crippen LogP contribution < -0.4 is 10.5 Å². The molecule has 1 heterocycles. The number of nitriles is 1. The summed E-state index contributed by atoms with van der Waals surface area (Å²) in [5.74, 6) is 0.769. The summed E-state index contributed by atoms with van der Waals surface area (Å²) in [7, 11) is 0. The fourth-order valence-corrected chi connectivity index (χ4v) is 2.06. The van der Waals surface area contributed by atoms with Crippen LogP contribution in [-0.2, 0) is 6.42 Å². The van der Waals surface area contributed by atoms with Gasteiger partial charge in [0.1, 0.15) is 10.8 Å². The number of hydrogen-bond acceptors (Lipinski definition) is 6. The maximum absolute atomic E-state index is 8.66. The lowest BCUT2D eigenvalue weighted by Crippen LogP contribution is -1.99. The van der Waals surface area contributed by atoms with Crippen molar-refractivity contribution in [1.29, 1.82) is 5.26 Å². The van der Waals surface area contributed by atoms with E-state index in [9.17, 15) is 0 Å². The molecule has 0 aliphatic carbocycles. The Labute approximate surface area is 109 Å². The average Bonchev–Trinajstić information content (AvgIpc) is 2.81. The predicted molar refractivity (Wildman–Crippen MR) is 69.3 cm³/mol. The number of anilines is 1.